The summed E-state index contributed by atoms with van der Waals surface area (Å²) >= 11 is 0. The van der Waals surface area contributed by atoms with Crippen molar-refractivity contribution < 1.29 is 14.7 Å². The van der Waals surface area contributed by atoms with Gasteiger partial charge in [0.15, 0.2) is 0 Å². The van der Waals surface area contributed by atoms with Crippen LogP contribution in [0.15, 0.2) is 0 Å². The Morgan fingerprint density at radius 2 is 2.00 bits per heavy atom. The molecule has 96 valence electrons. The molecular weight excluding hydrogens is 218 g/mol. The lowest BCUT2D eigenvalue weighted by atomic mass is 9.84. The summed E-state index contributed by atoms with van der Waals surface area (Å²) in [5, 5.41) is 8.95. The van der Waals surface area contributed by atoms with Crippen LogP contribution in [0.1, 0.15) is 45.4 Å². The number of aliphatic carboxylic acids is 1. The van der Waals surface area contributed by atoms with Crippen molar-refractivity contribution in [3.05, 3.63) is 0 Å². The highest BCUT2D eigenvalue weighted by Gasteiger charge is 2.38. The van der Waals surface area contributed by atoms with Crippen LogP contribution in [0, 0.1) is 11.8 Å². The summed E-state index contributed by atoms with van der Waals surface area (Å²) in [7, 11) is 0. The van der Waals surface area contributed by atoms with E-state index < -0.39 is 11.9 Å². The molecule has 1 amide bonds. The van der Waals surface area contributed by atoms with Crippen molar-refractivity contribution in [2.24, 2.45) is 11.8 Å². The summed E-state index contributed by atoms with van der Waals surface area (Å²) in [5.41, 5.74) is 0. The van der Waals surface area contributed by atoms with E-state index in [1.165, 1.54) is 19.3 Å². The topological polar surface area (TPSA) is 57.6 Å². The van der Waals surface area contributed by atoms with Crippen molar-refractivity contribution in [1.29, 1.82) is 0 Å². The van der Waals surface area contributed by atoms with Gasteiger partial charge in [-0.25, -0.2) is 0 Å². The van der Waals surface area contributed by atoms with E-state index in [4.69, 9.17) is 5.11 Å². The number of amides is 1. The molecule has 1 heterocycles. The first-order chi connectivity index (χ1) is 8.11. The molecule has 0 aromatic rings. The zero-order chi connectivity index (χ0) is 12.4. The van der Waals surface area contributed by atoms with E-state index in [2.05, 4.69) is 6.92 Å². The Morgan fingerprint density at radius 1 is 1.35 bits per heavy atom. The molecule has 2 rings (SSSR count). The van der Waals surface area contributed by atoms with Crippen LogP contribution in [0.5, 0.6) is 0 Å². The van der Waals surface area contributed by atoms with Crippen LogP contribution in [0.3, 0.4) is 0 Å². The molecule has 2 fully saturated rings. The SMILES string of the molecule is CCC1CCC(N2CC(C(=O)O)CC2=O)CC1. The fourth-order valence-electron chi connectivity index (χ4n) is 3.11. The molecule has 0 bridgehead atoms. The average Bonchev–Trinajstić information content (AvgIpc) is 2.72. The number of hydrogen-bond acceptors (Lipinski definition) is 2. The third-order valence-electron chi connectivity index (χ3n) is 4.34. The first kappa shape index (κ1) is 12.4. The molecule has 1 N–H and O–H groups in total. The minimum absolute atomic E-state index is 0.0392. The van der Waals surface area contributed by atoms with Crippen LogP contribution in [0.2, 0.25) is 0 Å². The fourth-order valence-corrected chi connectivity index (χ4v) is 3.11. The monoisotopic (exact) mass is 239 g/mol. The lowest BCUT2D eigenvalue weighted by Gasteiger charge is -2.34. The number of carbonyl (C=O) groups excluding carboxylic acids is 1. The van der Waals surface area contributed by atoms with Crippen LogP contribution in [-0.4, -0.2) is 34.5 Å². The van der Waals surface area contributed by atoms with Gasteiger partial charge in [-0.15, -0.1) is 0 Å². The first-order valence-corrected chi connectivity index (χ1v) is 6.64. The molecule has 1 unspecified atom stereocenters. The maximum absolute atomic E-state index is 11.8. The molecule has 1 aliphatic carbocycles. The van der Waals surface area contributed by atoms with E-state index in [1.54, 1.807) is 0 Å². The largest absolute Gasteiger partial charge is 0.481 e. The summed E-state index contributed by atoms with van der Waals surface area (Å²) in [4.78, 5) is 24.5. The molecule has 0 aromatic heterocycles. The Kier molecular flexibility index (Phi) is 3.69. The maximum atomic E-state index is 11.8. The Morgan fingerprint density at radius 3 is 2.47 bits per heavy atom. The first-order valence-electron chi connectivity index (χ1n) is 6.64. The molecule has 4 heteroatoms. The van der Waals surface area contributed by atoms with E-state index >= 15 is 0 Å². The lowest BCUT2D eigenvalue weighted by Crippen LogP contribution is -2.39. The standard InChI is InChI=1S/C13H21NO3/c1-2-9-3-5-11(6-4-9)14-8-10(13(16)17)7-12(14)15/h9-11H,2-8H2,1H3,(H,16,17). The van der Waals surface area contributed by atoms with Crippen molar-refractivity contribution in [1.82, 2.24) is 4.90 Å². The number of carboxylic acids is 1. The van der Waals surface area contributed by atoms with Crippen molar-refractivity contribution >= 4 is 11.9 Å². The zero-order valence-electron chi connectivity index (χ0n) is 10.4. The van der Waals surface area contributed by atoms with Gasteiger partial charge >= 0.3 is 5.97 Å². The Balaban J connectivity index is 1.91. The van der Waals surface area contributed by atoms with E-state index in [0.29, 0.717) is 12.6 Å². The predicted molar refractivity (Wildman–Crippen MR) is 63.5 cm³/mol. The van der Waals surface area contributed by atoms with Crippen LogP contribution in [0.25, 0.3) is 0 Å². The Labute approximate surface area is 102 Å². The van der Waals surface area contributed by atoms with Crippen molar-refractivity contribution in [2.45, 2.75) is 51.5 Å². The third kappa shape index (κ3) is 2.61. The van der Waals surface area contributed by atoms with Gasteiger partial charge in [-0.2, -0.15) is 0 Å². The molecule has 1 aliphatic heterocycles. The van der Waals surface area contributed by atoms with Gasteiger partial charge < -0.3 is 10.0 Å². The van der Waals surface area contributed by atoms with Gasteiger partial charge in [0.05, 0.1) is 5.92 Å². The third-order valence-corrected chi connectivity index (χ3v) is 4.34. The van der Waals surface area contributed by atoms with Crippen molar-refractivity contribution in [2.75, 3.05) is 6.54 Å². The molecule has 4 nitrogen and oxygen atoms in total. The number of carbonyl (C=O) groups is 2. The number of rotatable bonds is 3. The molecule has 0 aromatic carbocycles. The molecule has 17 heavy (non-hydrogen) atoms. The van der Waals surface area contributed by atoms with Gasteiger partial charge in [-0.05, 0) is 31.6 Å². The lowest BCUT2D eigenvalue weighted by molar-refractivity contribution is -0.141. The molecule has 0 radical (unpaired) electrons. The Bertz CT molecular complexity index is 308. The highest BCUT2D eigenvalue weighted by atomic mass is 16.4. The van der Waals surface area contributed by atoms with Gasteiger partial charge in [0, 0.05) is 19.0 Å². The number of hydrogen-bond donors (Lipinski definition) is 1. The fraction of sp³-hybridized carbons (Fsp3) is 0.846. The highest BCUT2D eigenvalue weighted by molar-refractivity contribution is 5.86. The molecule has 1 saturated heterocycles. The predicted octanol–water partition coefficient (Wildman–Crippen LogP) is 1.89. The van der Waals surface area contributed by atoms with Crippen molar-refractivity contribution in [3.8, 4) is 0 Å². The van der Waals surface area contributed by atoms with E-state index in [0.717, 1.165) is 18.8 Å². The van der Waals surface area contributed by atoms with Gasteiger partial charge in [-0.3, -0.25) is 9.59 Å². The summed E-state index contributed by atoms with van der Waals surface area (Å²) in [6.45, 7) is 2.64. The zero-order valence-corrected chi connectivity index (χ0v) is 10.4. The van der Waals surface area contributed by atoms with Crippen LogP contribution in [-0.2, 0) is 9.59 Å². The van der Waals surface area contributed by atoms with E-state index in [9.17, 15) is 9.59 Å². The summed E-state index contributed by atoms with van der Waals surface area (Å²) < 4.78 is 0. The van der Waals surface area contributed by atoms with Gasteiger partial charge in [-0.1, -0.05) is 13.3 Å². The number of likely N-dealkylation sites (tertiary alicyclic amines) is 1. The second kappa shape index (κ2) is 5.07. The minimum atomic E-state index is -0.830. The maximum Gasteiger partial charge on any atom is 0.308 e. The van der Waals surface area contributed by atoms with Crippen LogP contribution >= 0.6 is 0 Å². The summed E-state index contributed by atoms with van der Waals surface area (Å²) in [5.74, 6) is -0.467. The minimum Gasteiger partial charge on any atom is -0.481 e. The second-order valence-corrected chi connectivity index (χ2v) is 5.37. The Hall–Kier alpha value is -1.06. The van der Waals surface area contributed by atoms with Crippen LogP contribution in [0.4, 0.5) is 0 Å². The van der Waals surface area contributed by atoms with Crippen LogP contribution < -0.4 is 0 Å². The smallest absolute Gasteiger partial charge is 0.308 e. The van der Waals surface area contributed by atoms with E-state index in [1.807, 2.05) is 4.90 Å². The van der Waals surface area contributed by atoms with E-state index in [-0.39, 0.29) is 12.3 Å². The summed E-state index contributed by atoms with van der Waals surface area (Å²) in [6.07, 6.45) is 5.89. The number of carboxylic acid groups (broad SMARTS) is 1. The van der Waals surface area contributed by atoms with Gasteiger partial charge in [0.2, 0.25) is 5.91 Å². The second-order valence-electron chi connectivity index (χ2n) is 5.37. The molecule has 1 atom stereocenters. The molecule has 0 spiro atoms. The number of nitrogens with zero attached hydrogens (tertiary/aromatic N) is 1. The summed E-state index contributed by atoms with van der Waals surface area (Å²) in [6, 6.07) is 0.301. The van der Waals surface area contributed by atoms with Gasteiger partial charge in [0.25, 0.3) is 0 Å². The average molecular weight is 239 g/mol. The normalized spacial score (nSPS) is 34.1. The van der Waals surface area contributed by atoms with Crippen molar-refractivity contribution in [3.63, 3.8) is 0 Å². The van der Waals surface area contributed by atoms with Gasteiger partial charge in [0.1, 0.15) is 0 Å². The molecule has 2 aliphatic rings. The molecular formula is C13H21NO3. The highest BCUT2D eigenvalue weighted by Crippen LogP contribution is 2.32. The molecule has 1 saturated carbocycles. The quantitative estimate of drug-likeness (QED) is 0.818.